The zero-order valence-electron chi connectivity index (χ0n) is 15.5. The molecule has 3 nitrogen and oxygen atoms in total. The highest BCUT2D eigenvalue weighted by Gasteiger charge is 2.04. The Hall–Kier alpha value is -0.570. The molecule has 0 radical (unpaired) electrons. The number of unbranched alkanes of at least 4 members (excludes halogenated alkanes) is 14. The fourth-order valence-corrected chi connectivity index (χ4v) is 3.09. The van der Waals surface area contributed by atoms with Crippen LogP contribution < -0.4 is 5.32 Å². The van der Waals surface area contributed by atoms with Crippen LogP contribution in [-0.4, -0.2) is 24.2 Å². The molecule has 0 aromatic carbocycles. The predicted octanol–water partition coefficient (Wildman–Crippen LogP) is 5.35. The molecule has 0 saturated heterocycles. The molecule has 138 valence electrons. The quantitative estimate of drug-likeness (QED) is 0.248. The van der Waals surface area contributed by atoms with E-state index < -0.39 is 0 Å². The molecule has 1 atom stereocenters. The van der Waals surface area contributed by atoms with E-state index in [1.165, 1.54) is 89.9 Å². The van der Waals surface area contributed by atoms with Crippen molar-refractivity contribution in [3.05, 3.63) is 0 Å². The zero-order valence-corrected chi connectivity index (χ0v) is 15.5. The Balaban J connectivity index is 3.09. The van der Waals surface area contributed by atoms with Crippen LogP contribution in [-0.2, 0) is 4.79 Å². The fraction of sp³-hybridized carbons (Fsp3) is 0.950. The topological polar surface area (TPSA) is 49.3 Å². The third kappa shape index (κ3) is 17.6. The molecule has 23 heavy (non-hydrogen) atoms. The van der Waals surface area contributed by atoms with Crippen LogP contribution in [0.3, 0.4) is 0 Å². The van der Waals surface area contributed by atoms with E-state index in [9.17, 15) is 4.79 Å². The van der Waals surface area contributed by atoms with Gasteiger partial charge in [-0.15, -0.1) is 0 Å². The van der Waals surface area contributed by atoms with Crippen molar-refractivity contribution in [1.29, 1.82) is 0 Å². The summed E-state index contributed by atoms with van der Waals surface area (Å²) in [6.45, 7) is 2.33. The Labute approximate surface area is 144 Å². The predicted molar refractivity (Wildman–Crippen MR) is 99.6 cm³/mol. The van der Waals surface area contributed by atoms with Crippen molar-refractivity contribution in [3.63, 3.8) is 0 Å². The molecule has 0 aliphatic carbocycles. The number of carbonyl (C=O) groups excluding carboxylic acids is 1. The summed E-state index contributed by atoms with van der Waals surface area (Å²) in [7, 11) is 0. The van der Waals surface area contributed by atoms with E-state index in [1.807, 2.05) is 0 Å². The van der Waals surface area contributed by atoms with Crippen LogP contribution in [0.25, 0.3) is 0 Å². The minimum absolute atomic E-state index is 0.0468. The van der Waals surface area contributed by atoms with E-state index in [0.29, 0.717) is 6.41 Å². The van der Waals surface area contributed by atoms with Gasteiger partial charge in [0.1, 0.15) is 0 Å². The molecule has 1 unspecified atom stereocenters. The Bertz CT molecular complexity index is 234. The lowest BCUT2D eigenvalue weighted by molar-refractivity contribution is -0.110. The first-order chi connectivity index (χ1) is 11.3. The third-order valence-electron chi connectivity index (χ3n) is 4.68. The summed E-state index contributed by atoms with van der Waals surface area (Å²) in [5.74, 6) is 0. The van der Waals surface area contributed by atoms with Crippen LogP contribution in [0.2, 0.25) is 0 Å². The van der Waals surface area contributed by atoms with Gasteiger partial charge >= 0.3 is 0 Å². The Morgan fingerprint density at radius 1 is 0.739 bits per heavy atom. The number of aliphatic hydroxyl groups excluding tert-OH is 1. The van der Waals surface area contributed by atoms with E-state index >= 15 is 0 Å². The number of nitrogens with one attached hydrogen (secondary N) is 1. The molecule has 1 amide bonds. The highest BCUT2D eigenvalue weighted by Crippen LogP contribution is 2.13. The monoisotopic (exact) mass is 327 g/mol. The first-order valence-electron chi connectivity index (χ1n) is 10.2. The molecule has 0 aromatic rings. The van der Waals surface area contributed by atoms with Crippen molar-refractivity contribution >= 4 is 6.41 Å². The van der Waals surface area contributed by atoms with E-state index in [1.54, 1.807) is 0 Å². The maximum atomic E-state index is 10.3. The smallest absolute Gasteiger partial charge is 0.207 e. The van der Waals surface area contributed by atoms with Crippen LogP contribution in [0.15, 0.2) is 0 Å². The number of aliphatic hydroxyl groups is 1. The summed E-state index contributed by atoms with van der Waals surface area (Å²) in [6, 6.07) is -0.0468. The number of rotatable bonds is 19. The molecular formula is C20H41NO2. The molecule has 0 spiro atoms. The number of carbonyl (C=O) groups is 1. The molecule has 0 heterocycles. The maximum absolute atomic E-state index is 10.3. The molecule has 0 fully saturated rings. The van der Waals surface area contributed by atoms with Gasteiger partial charge in [-0.05, 0) is 6.42 Å². The first-order valence-corrected chi connectivity index (χ1v) is 10.2. The molecule has 2 N–H and O–H groups in total. The van der Waals surface area contributed by atoms with Crippen molar-refractivity contribution in [2.24, 2.45) is 0 Å². The highest BCUT2D eigenvalue weighted by molar-refractivity contribution is 5.46. The molecule has 0 saturated carbocycles. The lowest BCUT2D eigenvalue weighted by Gasteiger charge is -2.12. The summed E-state index contributed by atoms with van der Waals surface area (Å²) in [5.41, 5.74) is 0. The van der Waals surface area contributed by atoms with Crippen molar-refractivity contribution in [2.75, 3.05) is 6.61 Å². The Kier molecular flexibility index (Phi) is 19.0. The zero-order chi connectivity index (χ0) is 17.0. The van der Waals surface area contributed by atoms with Crippen molar-refractivity contribution < 1.29 is 9.90 Å². The molecular weight excluding hydrogens is 286 g/mol. The van der Waals surface area contributed by atoms with E-state index in [4.69, 9.17) is 5.11 Å². The molecule has 0 aliphatic heterocycles. The highest BCUT2D eigenvalue weighted by atomic mass is 16.3. The summed E-state index contributed by atoms with van der Waals surface area (Å²) in [5, 5.41) is 11.7. The number of hydrogen-bond acceptors (Lipinski definition) is 2. The SMILES string of the molecule is CCCCCCCCCCCCCCCCCC(CO)NC=O. The van der Waals surface area contributed by atoms with Gasteiger partial charge in [0, 0.05) is 0 Å². The number of hydrogen-bond donors (Lipinski definition) is 2. The second-order valence-corrected chi connectivity index (χ2v) is 6.90. The van der Waals surface area contributed by atoms with Gasteiger partial charge in [-0.2, -0.15) is 0 Å². The van der Waals surface area contributed by atoms with Gasteiger partial charge in [-0.25, -0.2) is 0 Å². The van der Waals surface area contributed by atoms with Crippen LogP contribution in [0.4, 0.5) is 0 Å². The van der Waals surface area contributed by atoms with Gasteiger partial charge in [-0.3, -0.25) is 4.79 Å². The molecule has 0 aromatic heterocycles. The third-order valence-corrected chi connectivity index (χ3v) is 4.68. The summed E-state index contributed by atoms with van der Waals surface area (Å²) in [6.07, 6.45) is 22.0. The van der Waals surface area contributed by atoms with Crippen molar-refractivity contribution in [2.45, 2.75) is 116 Å². The minimum atomic E-state index is -0.0468. The lowest BCUT2D eigenvalue weighted by Crippen LogP contribution is -2.31. The van der Waals surface area contributed by atoms with Gasteiger partial charge in [0.15, 0.2) is 0 Å². The van der Waals surface area contributed by atoms with Crippen molar-refractivity contribution in [3.8, 4) is 0 Å². The lowest BCUT2D eigenvalue weighted by atomic mass is 10.0. The average Bonchev–Trinajstić information content (AvgIpc) is 2.57. The number of amides is 1. The minimum Gasteiger partial charge on any atom is -0.394 e. The van der Waals surface area contributed by atoms with Crippen molar-refractivity contribution in [1.82, 2.24) is 5.32 Å². The van der Waals surface area contributed by atoms with E-state index in [-0.39, 0.29) is 12.6 Å². The summed E-state index contributed by atoms with van der Waals surface area (Å²) >= 11 is 0. The molecule has 3 heteroatoms. The maximum Gasteiger partial charge on any atom is 0.207 e. The molecule has 0 aliphatic rings. The van der Waals surface area contributed by atoms with Gasteiger partial charge in [0.05, 0.1) is 12.6 Å². The first kappa shape index (κ1) is 22.4. The second kappa shape index (κ2) is 19.5. The Morgan fingerprint density at radius 3 is 1.48 bits per heavy atom. The molecule has 0 bridgehead atoms. The van der Waals surface area contributed by atoms with Gasteiger partial charge in [0.2, 0.25) is 6.41 Å². The Morgan fingerprint density at radius 2 is 1.13 bits per heavy atom. The van der Waals surface area contributed by atoms with E-state index in [2.05, 4.69) is 12.2 Å². The summed E-state index contributed by atoms with van der Waals surface area (Å²) < 4.78 is 0. The van der Waals surface area contributed by atoms with Crippen LogP contribution in [0.5, 0.6) is 0 Å². The van der Waals surface area contributed by atoms with E-state index in [0.717, 1.165) is 12.8 Å². The van der Waals surface area contributed by atoms with Crippen LogP contribution >= 0.6 is 0 Å². The largest absolute Gasteiger partial charge is 0.394 e. The van der Waals surface area contributed by atoms with Crippen LogP contribution in [0, 0.1) is 0 Å². The average molecular weight is 328 g/mol. The second-order valence-electron chi connectivity index (χ2n) is 6.90. The van der Waals surface area contributed by atoms with Gasteiger partial charge < -0.3 is 10.4 Å². The molecule has 0 rings (SSSR count). The fourth-order valence-electron chi connectivity index (χ4n) is 3.09. The standard InChI is InChI=1S/C20H41NO2/c1-2-3-4-5-6-7-8-9-10-11-12-13-14-15-16-17-20(18-22)21-19-23/h19-20,22H,2-18H2,1H3,(H,21,23). The summed E-state index contributed by atoms with van der Waals surface area (Å²) in [4.78, 5) is 10.3. The van der Waals surface area contributed by atoms with Gasteiger partial charge in [-0.1, -0.05) is 103 Å². The van der Waals surface area contributed by atoms with Crippen LogP contribution in [0.1, 0.15) is 110 Å². The normalized spacial score (nSPS) is 12.3. The van der Waals surface area contributed by atoms with Gasteiger partial charge in [0.25, 0.3) is 0 Å².